The average Bonchev–Trinajstić information content (AvgIpc) is 3.03. The van der Waals surface area contributed by atoms with Gasteiger partial charge in [-0.2, -0.15) is 0 Å². The van der Waals surface area contributed by atoms with Crippen molar-refractivity contribution in [3.05, 3.63) is 102 Å². The lowest BCUT2D eigenvalue weighted by atomic mass is 10.2. The van der Waals surface area contributed by atoms with Gasteiger partial charge in [-0.1, -0.05) is 81.4 Å². The summed E-state index contributed by atoms with van der Waals surface area (Å²) in [4.78, 5) is 12.6. The van der Waals surface area contributed by atoms with E-state index in [1.54, 1.807) is 24.3 Å². The SMILES string of the molecule is CC(C)(C)[Si](C)(C)OC(=O)c1ccc(OCCOCCOCCOCCC(OCc2ccccc2)OCc2ccccc2)cc1. The first-order valence-electron chi connectivity index (χ1n) is 15.6. The van der Waals surface area contributed by atoms with Gasteiger partial charge in [-0.05, 0) is 53.5 Å². The molecule has 0 spiro atoms. The Morgan fingerprint density at radius 2 is 1.11 bits per heavy atom. The highest BCUT2D eigenvalue weighted by atomic mass is 28.4. The topological polar surface area (TPSA) is 81.7 Å². The summed E-state index contributed by atoms with van der Waals surface area (Å²) in [5, 5.41) is -0.0358. The third-order valence-corrected chi connectivity index (χ3v) is 11.8. The van der Waals surface area contributed by atoms with E-state index in [-0.39, 0.29) is 17.3 Å². The Morgan fingerprint density at radius 3 is 1.60 bits per heavy atom. The summed E-state index contributed by atoms with van der Waals surface area (Å²) in [5.41, 5.74) is 2.73. The molecule has 0 fully saturated rings. The lowest BCUT2D eigenvalue weighted by molar-refractivity contribution is -0.166. The Morgan fingerprint density at radius 1 is 0.644 bits per heavy atom. The van der Waals surface area contributed by atoms with E-state index in [4.69, 9.17) is 32.8 Å². The Balaban J connectivity index is 1.21. The molecule has 0 saturated carbocycles. The molecule has 3 aromatic rings. The summed E-state index contributed by atoms with van der Waals surface area (Å²) < 4.78 is 40.6. The van der Waals surface area contributed by atoms with Gasteiger partial charge < -0.3 is 32.8 Å². The third-order valence-electron chi connectivity index (χ3n) is 7.54. The van der Waals surface area contributed by atoms with Crippen molar-refractivity contribution in [1.82, 2.24) is 0 Å². The van der Waals surface area contributed by atoms with Crippen LogP contribution in [-0.4, -0.2) is 66.8 Å². The van der Waals surface area contributed by atoms with Crippen LogP contribution in [0.1, 0.15) is 48.7 Å². The number of carbonyl (C=O) groups is 1. The zero-order chi connectivity index (χ0) is 32.4. The van der Waals surface area contributed by atoms with Gasteiger partial charge in [0.1, 0.15) is 12.4 Å². The molecule has 0 bridgehead atoms. The van der Waals surface area contributed by atoms with E-state index >= 15 is 0 Å². The lowest BCUT2D eigenvalue weighted by Crippen LogP contribution is -2.42. The molecule has 0 heterocycles. The minimum Gasteiger partial charge on any atom is -0.516 e. The molecule has 246 valence electrons. The maximum Gasteiger partial charge on any atom is 0.324 e. The van der Waals surface area contributed by atoms with Crippen molar-refractivity contribution in [2.75, 3.05) is 46.2 Å². The normalized spacial score (nSPS) is 12.0. The molecule has 0 unspecified atom stereocenters. The quantitative estimate of drug-likeness (QED) is 0.0677. The van der Waals surface area contributed by atoms with Gasteiger partial charge in [0.2, 0.25) is 0 Å². The van der Waals surface area contributed by atoms with Crippen molar-refractivity contribution in [3.63, 3.8) is 0 Å². The fraction of sp³-hybridized carbons (Fsp3) is 0.472. The van der Waals surface area contributed by atoms with Crippen molar-refractivity contribution in [1.29, 1.82) is 0 Å². The lowest BCUT2D eigenvalue weighted by Gasteiger charge is -2.35. The zero-order valence-corrected chi connectivity index (χ0v) is 28.5. The molecule has 8 nitrogen and oxygen atoms in total. The molecule has 0 saturated heterocycles. The first kappa shape index (κ1) is 36.4. The second-order valence-electron chi connectivity index (χ2n) is 12.2. The van der Waals surface area contributed by atoms with E-state index in [1.807, 2.05) is 60.7 Å². The Bertz CT molecular complexity index is 1170. The predicted molar refractivity (Wildman–Crippen MR) is 178 cm³/mol. The molecule has 0 atom stereocenters. The Kier molecular flexibility index (Phi) is 15.7. The minimum atomic E-state index is -2.17. The van der Waals surface area contributed by atoms with Crippen LogP contribution >= 0.6 is 0 Å². The first-order chi connectivity index (χ1) is 21.6. The number of hydrogen-bond acceptors (Lipinski definition) is 8. The monoisotopic (exact) mass is 638 g/mol. The van der Waals surface area contributed by atoms with E-state index in [0.717, 1.165) is 11.1 Å². The molecule has 9 heteroatoms. The van der Waals surface area contributed by atoms with Gasteiger partial charge in [0, 0.05) is 6.42 Å². The van der Waals surface area contributed by atoms with Crippen LogP contribution in [0.15, 0.2) is 84.9 Å². The highest BCUT2D eigenvalue weighted by Gasteiger charge is 2.40. The maximum absolute atomic E-state index is 12.6. The van der Waals surface area contributed by atoms with Crippen LogP contribution in [0, 0.1) is 0 Å². The van der Waals surface area contributed by atoms with Crippen LogP contribution in [0.3, 0.4) is 0 Å². The fourth-order valence-electron chi connectivity index (χ4n) is 3.81. The summed E-state index contributed by atoms with van der Waals surface area (Å²) >= 11 is 0. The van der Waals surface area contributed by atoms with E-state index in [1.165, 1.54) is 0 Å². The largest absolute Gasteiger partial charge is 0.516 e. The third kappa shape index (κ3) is 14.3. The van der Waals surface area contributed by atoms with Gasteiger partial charge in [0.05, 0.1) is 58.4 Å². The van der Waals surface area contributed by atoms with E-state index in [2.05, 4.69) is 33.9 Å². The molecule has 0 radical (unpaired) electrons. The van der Waals surface area contributed by atoms with Crippen molar-refractivity contribution in [2.45, 2.75) is 64.8 Å². The molecule has 0 aliphatic carbocycles. The standard InChI is InChI=1S/C36H50O8Si/c1-36(2,3)45(4,5)44-35(37)32-16-18-33(19-17-32)41-27-26-40-25-24-39-23-22-38-21-20-34(42-28-30-12-8-6-9-13-30)43-29-31-14-10-7-11-15-31/h6-19,34H,20-29H2,1-5H3. The number of ether oxygens (including phenoxy) is 6. The van der Waals surface area contributed by atoms with Gasteiger partial charge in [0.25, 0.3) is 8.32 Å². The summed E-state index contributed by atoms with van der Waals surface area (Å²) in [7, 11) is -2.17. The molecule has 0 aliphatic rings. The predicted octanol–water partition coefficient (Wildman–Crippen LogP) is 7.43. The molecular weight excluding hydrogens is 588 g/mol. The van der Waals surface area contributed by atoms with E-state index in [0.29, 0.717) is 77.2 Å². The summed E-state index contributed by atoms with van der Waals surface area (Å²) in [6.45, 7) is 14.6. The van der Waals surface area contributed by atoms with Gasteiger partial charge in [-0.25, -0.2) is 4.79 Å². The molecule has 0 N–H and O–H groups in total. The van der Waals surface area contributed by atoms with Gasteiger partial charge >= 0.3 is 5.97 Å². The number of benzene rings is 3. The molecule has 0 aliphatic heterocycles. The van der Waals surface area contributed by atoms with E-state index < -0.39 is 8.32 Å². The highest BCUT2D eigenvalue weighted by Crippen LogP contribution is 2.37. The van der Waals surface area contributed by atoms with Crippen molar-refractivity contribution < 1.29 is 37.6 Å². The number of rotatable bonds is 21. The van der Waals surface area contributed by atoms with E-state index in [9.17, 15) is 4.79 Å². The summed E-state index contributed by atoms with van der Waals surface area (Å²) in [5.74, 6) is 0.390. The zero-order valence-electron chi connectivity index (χ0n) is 27.5. The average molecular weight is 639 g/mol. The van der Waals surface area contributed by atoms with Crippen molar-refractivity contribution in [3.8, 4) is 5.75 Å². The molecule has 0 amide bonds. The molecule has 45 heavy (non-hydrogen) atoms. The van der Waals surface area contributed by atoms with Crippen molar-refractivity contribution in [2.24, 2.45) is 0 Å². The number of hydrogen-bond donors (Lipinski definition) is 0. The number of carbonyl (C=O) groups excluding carboxylic acids is 1. The van der Waals surface area contributed by atoms with Gasteiger partial charge in [0.15, 0.2) is 6.29 Å². The maximum atomic E-state index is 12.6. The highest BCUT2D eigenvalue weighted by molar-refractivity contribution is 6.75. The Hall–Kier alpha value is -3.05. The van der Waals surface area contributed by atoms with Gasteiger partial charge in [-0.3, -0.25) is 0 Å². The molecule has 3 aromatic carbocycles. The van der Waals surface area contributed by atoms with Crippen molar-refractivity contribution >= 4 is 14.3 Å². The van der Waals surface area contributed by atoms with Crippen LogP contribution in [0.4, 0.5) is 0 Å². The summed E-state index contributed by atoms with van der Waals surface area (Å²) in [6, 6.07) is 27.1. The van der Waals surface area contributed by atoms with Crippen LogP contribution in [0.5, 0.6) is 5.75 Å². The van der Waals surface area contributed by atoms with Crippen LogP contribution in [0.2, 0.25) is 18.1 Å². The second kappa shape index (κ2) is 19.5. The van der Waals surface area contributed by atoms with Crippen LogP contribution in [-0.2, 0) is 41.3 Å². The fourth-order valence-corrected chi connectivity index (χ4v) is 4.70. The minimum absolute atomic E-state index is 0.0358. The molecule has 0 aromatic heterocycles. The summed E-state index contributed by atoms with van der Waals surface area (Å²) in [6.07, 6.45) is 0.246. The van der Waals surface area contributed by atoms with Gasteiger partial charge in [-0.15, -0.1) is 0 Å². The first-order valence-corrected chi connectivity index (χ1v) is 18.6. The molecular formula is C36H50O8Si. The van der Waals surface area contributed by atoms with Crippen LogP contribution in [0.25, 0.3) is 0 Å². The second-order valence-corrected chi connectivity index (χ2v) is 16.9. The Labute approximate surface area is 270 Å². The smallest absolute Gasteiger partial charge is 0.324 e. The van der Waals surface area contributed by atoms with Crippen LogP contribution < -0.4 is 4.74 Å². The molecule has 3 rings (SSSR count).